The predicted molar refractivity (Wildman–Crippen MR) is 75.7 cm³/mol. The summed E-state index contributed by atoms with van der Waals surface area (Å²) in [7, 11) is 1.66. The topological polar surface area (TPSA) is 29.5 Å². The van der Waals surface area contributed by atoms with Crippen LogP contribution in [-0.4, -0.2) is 37.1 Å². The number of amides is 1. The zero-order valence-electron chi connectivity index (χ0n) is 9.41. The average Bonchev–Trinajstić information content (AvgIpc) is 3.07. The van der Waals surface area contributed by atoms with Crippen LogP contribution in [-0.2, 0) is 4.74 Å². The van der Waals surface area contributed by atoms with Gasteiger partial charge in [-0.3, -0.25) is 4.79 Å². The molecule has 1 saturated carbocycles. The van der Waals surface area contributed by atoms with E-state index < -0.39 is 0 Å². The number of nitrogens with zero attached hydrogens (tertiary/aromatic N) is 1. The van der Waals surface area contributed by atoms with Crippen LogP contribution in [0.1, 0.15) is 22.5 Å². The fourth-order valence-corrected chi connectivity index (χ4v) is 3.61. The summed E-state index contributed by atoms with van der Waals surface area (Å²) in [5.41, 5.74) is 0. The Balaban J connectivity index is 2.09. The summed E-state index contributed by atoms with van der Waals surface area (Å²) in [6.07, 6.45) is 2.23. The molecule has 1 fully saturated rings. The van der Waals surface area contributed by atoms with Crippen molar-refractivity contribution in [1.29, 1.82) is 0 Å². The highest BCUT2D eigenvalue weighted by atomic mass is 79.9. The van der Waals surface area contributed by atoms with Crippen LogP contribution in [0.3, 0.4) is 0 Å². The van der Waals surface area contributed by atoms with Crippen LogP contribution in [0.15, 0.2) is 14.3 Å². The average molecular weight is 383 g/mol. The molecule has 1 aromatic rings. The summed E-state index contributed by atoms with van der Waals surface area (Å²) in [5.74, 6) is 0.112. The molecule has 17 heavy (non-hydrogen) atoms. The third-order valence-electron chi connectivity index (χ3n) is 2.64. The number of carbonyl (C=O) groups excluding carboxylic acids is 1. The Kier molecular flexibility index (Phi) is 4.63. The Morgan fingerprint density at radius 2 is 2.29 bits per heavy atom. The van der Waals surface area contributed by atoms with Gasteiger partial charge in [-0.05, 0) is 50.8 Å². The van der Waals surface area contributed by atoms with Gasteiger partial charge in [0.05, 0.1) is 15.3 Å². The molecule has 0 unspecified atom stereocenters. The molecule has 3 nitrogen and oxygen atoms in total. The highest BCUT2D eigenvalue weighted by Crippen LogP contribution is 2.35. The van der Waals surface area contributed by atoms with Crippen molar-refractivity contribution < 1.29 is 9.53 Å². The molecule has 0 bridgehead atoms. The van der Waals surface area contributed by atoms with Gasteiger partial charge < -0.3 is 9.64 Å². The summed E-state index contributed by atoms with van der Waals surface area (Å²) in [4.78, 5) is 15.0. The fourth-order valence-electron chi connectivity index (χ4n) is 1.62. The van der Waals surface area contributed by atoms with Crippen LogP contribution in [0.5, 0.6) is 0 Å². The van der Waals surface area contributed by atoms with Crippen molar-refractivity contribution in [3.05, 3.63) is 19.2 Å². The van der Waals surface area contributed by atoms with Crippen molar-refractivity contribution in [3.63, 3.8) is 0 Å². The van der Waals surface area contributed by atoms with Gasteiger partial charge in [0.25, 0.3) is 5.91 Å². The molecule has 0 N–H and O–H groups in total. The molecule has 0 aromatic carbocycles. The SMILES string of the molecule is COCCN(C(=O)c1cc(Br)c(Br)s1)C1CC1. The second kappa shape index (κ2) is 5.82. The quantitative estimate of drug-likeness (QED) is 0.779. The minimum Gasteiger partial charge on any atom is -0.383 e. The van der Waals surface area contributed by atoms with Crippen molar-refractivity contribution >= 4 is 49.1 Å². The monoisotopic (exact) mass is 381 g/mol. The molecule has 0 saturated heterocycles. The molecule has 1 amide bonds. The number of methoxy groups -OCH3 is 1. The Labute approximate surface area is 121 Å². The molecule has 1 aliphatic rings. The van der Waals surface area contributed by atoms with Gasteiger partial charge in [0, 0.05) is 24.2 Å². The molecule has 6 heteroatoms. The van der Waals surface area contributed by atoms with E-state index in [1.54, 1.807) is 7.11 Å². The van der Waals surface area contributed by atoms with Crippen molar-refractivity contribution in [1.82, 2.24) is 4.90 Å². The zero-order chi connectivity index (χ0) is 12.4. The molecular weight excluding hydrogens is 370 g/mol. The summed E-state index contributed by atoms with van der Waals surface area (Å²) in [6, 6.07) is 2.29. The Morgan fingerprint density at radius 1 is 1.59 bits per heavy atom. The number of rotatable bonds is 5. The first kappa shape index (κ1) is 13.5. The van der Waals surface area contributed by atoms with Crippen LogP contribution >= 0.6 is 43.2 Å². The lowest BCUT2D eigenvalue weighted by Gasteiger charge is -2.21. The maximum atomic E-state index is 12.3. The lowest BCUT2D eigenvalue weighted by atomic mass is 10.3. The highest BCUT2D eigenvalue weighted by Gasteiger charge is 2.33. The Bertz CT molecular complexity index is 398. The summed E-state index contributed by atoms with van der Waals surface area (Å²) in [6.45, 7) is 1.27. The van der Waals surface area contributed by atoms with E-state index in [2.05, 4.69) is 31.9 Å². The molecule has 1 aromatic heterocycles. The van der Waals surface area contributed by atoms with Gasteiger partial charge in [0.2, 0.25) is 0 Å². The third kappa shape index (κ3) is 3.30. The van der Waals surface area contributed by atoms with Gasteiger partial charge in [-0.1, -0.05) is 0 Å². The maximum Gasteiger partial charge on any atom is 0.264 e. The summed E-state index contributed by atoms with van der Waals surface area (Å²) >= 11 is 8.29. The number of halogens is 2. The standard InChI is InChI=1S/C11H13Br2NO2S/c1-16-5-4-14(7-2-3-7)11(15)9-6-8(12)10(13)17-9/h6-7H,2-5H2,1H3. The predicted octanol–water partition coefficient (Wildman–Crippen LogP) is 3.52. The highest BCUT2D eigenvalue weighted by molar-refractivity contribution is 9.13. The number of hydrogen-bond acceptors (Lipinski definition) is 3. The summed E-state index contributed by atoms with van der Waals surface area (Å²) < 4.78 is 6.96. The minimum absolute atomic E-state index is 0.112. The summed E-state index contributed by atoms with van der Waals surface area (Å²) in [5, 5.41) is 0. The molecule has 0 radical (unpaired) electrons. The van der Waals surface area contributed by atoms with Gasteiger partial charge in [-0.2, -0.15) is 0 Å². The van der Waals surface area contributed by atoms with E-state index in [1.807, 2.05) is 11.0 Å². The number of hydrogen-bond donors (Lipinski definition) is 0. The smallest absolute Gasteiger partial charge is 0.264 e. The van der Waals surface area contributed by atoms with Gasteiger partial charge >= 0.3 is 0 Å². The van der Waals surface area contributed by atoms with Gasteiger partial charge in [-0.15, -0.1) is 11.3 Å². The number of thiophene rings is 1. The largest absolute Gasteiger partial charge is 0.383 e. The normalized spacial score (nSPS) is 15.0. The van der Waals surface area contributed by atoms with E-state index in [0.717, 1.165) is 26.0 Å². The second-order valence-corrected chi connectivity index (χ2v) is 7.18. The van der Waals surface area contributed by atoms with Gasteiger partial charge in [0.15, 0.2) is 0 Å². The first-order valence-corrected chi connectivity index (χ1v) is 7.78. The molecule has 94 valence electrons. The van der Waals surface area contributed by atoms with Crippen LogP contribution in [0, 0.1) is 0 Å². The molecule has 1 heterocycles. The van der Waals surface area contributed by atoms with Crippen LogP contribution in [0.2, 0.25) is 0 Å². The van der Waals surface area contributed by atoms with Crippen molar-refractivity contribution in [3.8, 4) is 0 Å². The lowest BCUT2D eigenvalue weighted by molar-refractivity contribution is 0.0685. The van der Waals surface area contributed by atoms with Gasteiger partial charge in [-0.25, -0.2) is 0 Å². The molecule has 0 spiro atoms. The van der Waals surface area contributed by atoms with Crippen LogP contribution < -0.4 is 0 Å². The maximum absolute atomic E-state index is 12.3. The van der Waals surface area contributed by atoms with Crippen molar-refractivity contribution in [2.75, 3.05) is 20.3 Å². The van der Waals surface area contributed by atoms with E-state index in [-0.39, 0.29) is 5.91 Å². The first-order valence-electron chi connectivity index (χ1n) is 5.38. The van der Waals surface area contributed by atoms with E-state index in [4.69, 9.17) is 4.74 Å². The first-order chi connectivity index (χ1) is 8.13. The van der Waals surface area contributed by atoms with Crippen LogP contribution in [0.4, 0.5) is 0 Å². The van der Waals surface area contributed by atoms with E-state index in [1.165, 1.54) is 11.3 Å². The number of carbonyl (C=O) groups is 1. The Hall–Kier alpha value is 0.0900. The van der Waals surface area contributed by atoms with Crippen molar-refractivity contribution in [2.24, 2.45) is 0 Å². The fraction of sp³-hybridized carbons (Fsp3) is 0.545. The molecular formula is C11H13Br2NO2S. The van der Waals surface area contributed by atoms with E-state index >= 15 is 0 Å². The van der Waals surface area contributed by atoms with E-state index in [0.29, 0.717) is 19.2 Å². The van der Waals surface area contributed by atoms with Crippen LogP contribution in [0.25, 0.3) is 0 Å². The molecule has 1 aliphatic carbocycles. The zero-order valence-corrected chi connectivity index (χ0v) is 13.4. The number of ether oxygens (including phenoxy) is 1. The lowest BCUT2D eigenvalue weighted by Crippen LogP contribution is -2.35. The Morgan fingerprint density at radius 3 is 2.76 bits per heavy atom. The third-order valence-corrected chi connectivity index (χ3v) is 5.88. The molecule has 2 rings (SSSR count). The van der Waals surface area contributed by atoms with Gasteiger partial charge in [0.1, 0.15) is 0 Å². The minimum atomic E-state index is 0.112. The van der Waals surface area contributed by atoms with Crippen molar-refractivity contribution in [2.45, 2.75) is 18.9 Å². The molecule has 0 atom stereocenters. The molecule has 0 aliphatic heterocycles. The second-order valence-electron chi connectivity index (χ2n) is 3.95. The van der Waals surface area contributed by atoms with E-state index in [9.17, 15) is 4.79 Å².